The number of nitrogens with one attached hydrogen (secondary N) is 3. The number of ether oxygens (including phenoxy) is 3. The molecule has 0 saturated carbocycles. The molecule has 10 heteroatoms. The zero-order chi connectivity index (χ0) is 26.5. The van der Waals surface area contributed by atoms with Crippen molar-refractivity contribution < 1.29 is 28.6 Å². The summed E-state index contributed by atoms with van der Waals surface area (Å²) in [5.74, 6) is -0.592. The molecule has 37 heavy (non-hydrogen) atoms. The fourth-order valence-corrected chi connectivity index (χ4v) is 3.16. The number of methoxy groups -OCH3 is 2. The molecule has 10 nitrogen and oxygen atoms in total. The van der Waals surface area contributed by atoms with E-state index in [0.29, 0.717) is 41.5 Å². The minimum atomic E-state index is -0.876. The quantitative estimate of drug-likeness (QED) is 0.209. The van der Waals surface area contributed by atoms with Gasteiger partial charge < -0.3 is 24.8 Å². The van der Waals surface area contributed by atoms with Gasteiger partial charge in [-0.15, -0.1) is 0 Å². The molecule has 0 unspecified atom stereocenters. The number of carbonyl (C=O) groups excluding carboxylic acids is 3. The third-order valence-electron chi connectivity index (χ3n) is 5.05. The standard InChI is InChI=1S/C27H28N4O6/c1-35-22-11-9-21(10-12-22)30-25(32)18-37-23-13-8-20(16-24(23)36-2)17-29-31-27(34)26(33)28-15-14-19-6-4-3-5-7-19/h3-13,16-17H,14-15,18H2,1-2H3,(H,28,33)(H,30,32)(H,31,34)/b29-17-. The Hall–Kier alpha value is -4.86. The fourth-order valence-electron chi connectivity index (χ4n) is 3.16. The molecule has 0 heterocycles. The maximum atomic E-state index is 12.2. The number of rotatable bonds is 11. The van der Waals surface area contributed by atoms with Crippen molar-refractivity contribution in [1.29, 1.82) is 0 Å². The summed E-state index contributed by atoms with van der Waals surface area (Å²) < 4.78 is 16.0. The van der Waals surface area contributed by atoms with Crippen LogP contribution in [0.15, 0.2) is 77.9 Å². The summed E-state index contributed by atoms with van der Waals surface area (Å²) in [7, 11) is 3.03. The average molecular weight is 505 g/mol. The van der Waals surface area contributed by atoms with Gasteiger partial charge in [0.25, 0.3) is 5.91 Å². The van der Waals surface area contributed by atoms with Crippen molar-refractivity contribution in [3.8, 4) is 17.2 Å². The van der Waals surface area contributed by atoms with E-state index in [1.807, 2.05) is 30.3 Å². The molecule has 192 valence electrons. The summed E-state index contributed by atoms with van der Waals surface area (Å²) in [5, 5.41) is 9.09. The van der Waals surface area contributed by atoms with E-state index in [2.05, 4.69) is 21.2 Å². The van der Waals surface area contributed by atoms with E-state index >= 15 is 0 Å². The highest BCUT2D eigenvalue weighted by atomic mass is 16.5. The lowest BCUT2D eigenvalue weighted by Crippen LogP contribution is -2.38. The predicted octanol–water partition coefficient (Wildman–Crippen LogP) is 2.53. The van der Waals surface area contributed by atoms with Crippen molar-refractivity contribution in [2.45, 2.75) is 6.42 Å². The number of benzene rings is 3. The zero-order valence-electron chi connectivity index (χ0n) is 20.5. The van der Waals surface area contributed by atoms with Crippen LogP contribution in [0.2, 0.25) is 0 Å². The van der Waals surface area contributed by atoms with E-state index in [-0.39, 0.29) is 12.5 Å². The van der Waals surface area contributed by atoms with E-state index in [1.54, 1.807) is 49.6 Å². The molecule has 0 atom stereocenters. The van der Waals surface area contributed by atoms with Gasteiger partial charge in [0.1, 0.15) is 5.75 Å². The summed E-state index contributed by atoms with van der Waals surface area (Å²) in [5.41, 5.74) is 4.43. The molecule has 0 aliphatic heterocycles. The molecule has 0 fully saturated rings. The lowest BCUT2D eigenvalue weighted by Gasteiger charge is -2.11. The Morgan fingerprint density at radius 3 is 2.32 bits per heavy atom. The van der Waals surface area contributed by atoms with Crippen molar-refractivity contribution in [2.24, 2.45) is 5.10 Å². The van der Waals surface area contributed by atoms with Crippen LogP contribution in [0.3, 0.4) is 0 Å². The van der Waals surface area contributed by atoms with Crippen LogP contribution in [-0.4, -0.2) is 51.3 Å². The molecular formula is C27H28N4O6. The van der Waals surface area contributed by atoms with Gasteiger partial charge >= 0.3 is 11.8 Å². The summed E-state index contributed by atoms with van der Waals surface area (Å²) in [6, 6.07) is 21.4. The minimum absolute atomic E-state index is 0.231. The second kappa shape index (κ2) is 13.9. The minimum Gasteiger partial charge on any atom is -0.497 e. The lowest BCUT2D eigenvalue weighted by molar-refractivity contribution is -0.139. The summed E-state index contributed by atoms with van der Waals surface area (Å²) in [6.45, 7) is 0.0992. The summed E-state index contributed by atoms with van der Waals surface area (Å²) >= 11 is 0. The highest BCUT2D eigenvalue weighted by molar-refractivity contribution is 6.35. The van der Waals surface area contributed by atoms with Crippen LogP contribution >= 0.6 is 0 Å². The number of hydrazone groups is 1. The number of nitrogens with zero attached hydrogens (tertiary/aromatic N) is 1. The van der Waals surface area contributed by atoms with E-state index in [0.717, 1.165) is 5.56 Å². The van der Waals surface area contributed by atoms with Crippen LogP contribution in [0.5, 0.6) is 17.2 Å². The van der Waals surface area contributed by atoms with Gasteiger partial charge in [0.15, 0.2) is 18.1 Å². The molecule has 3 aromatic rings. The molecule has 0 aliphatic carbocycles. The molecule has 0 bridgehead atoms. The van der Waals surface area contributed by atoms with Gasteiger partial charge in [-0.25, -0.2) is 5.43 Å². The van der Waals surface area contributed by atoms with Crippen LogP contribution < -0.4 is 30.3 Å². The smallest absolute Gasteiger partial charge is 0.329 e. The largest absolute Gasteiger partial charge is 0.497 e. The first-order valence-corrected chi connectivity index (χ1v) is 11.4. The molecule has 0 radical (unpaired) electrons. The number of anilines is 1. The van der Waals surface area contributed by atoms with Crippen molar-refractivity contribution in [2.75, 3.05) is 32.7 Å². The van der Waals surface area contributed by atoms with Gasteiger partial charge in [-0.3, -0.25) is 14.4 Å². The second-order valence-electron chi connectivity index (χ2n) is 7.67. The van der Waals surface area contributed by atoms with Gasteiger partial charge in [0.2, 0.25) is 0 Å². The van der Waals surface area contributed by atoms with Gasteiger partial charge in [-0.2, -0.15) is 5.10 Å². The Morgan fingerprint density at radius 2 is 1.62 bits per heavy atom. The molecule has 0 spiro atoms. The third-order valence-corrected chi connectivity index (χ3v) is 5.05. The van der Waals surface area contributed by atoms with E-state index in [9.17, 15) is 14.4 Å². The zero-order valence-corrected chi connectivity index (χ0v) is 20.5. The molecule has 3 N–H and O–H groups in total. The van der Waals surface area contributed by atoms with Gasteiger partial charge in [0.05, 0.1) is 20.4 Å². The molecule has 3 rings (SSSR count). The third kappa shape index (κ3) is 8.70. The molecule has 3 aromatic carbocycles. The predicted molar refractivity (Wildman–Crippen MR) is 139 cm³/mol. The molecule has 0 aliphatic rings. The van der Waals surface area contributed by atoms with Crippen molar-refractivity contribution in [3.63, 3.8) is 0 Å². The topological polar surface area (TPSA) is 127 Å². The first kappa shape index (κ1) is 26.7. The number of amides is 3. The SMILES string of the molecule is COc1ccc(NC(=O)COc2ccc(/C=N\NC(=O)C(=O)NCCc3ccccc3)cc2OC)cc1. The Kier molecular flexibility index (Phi) is 10.0. The maximum absolute atomic E-state index is 12.2. The van der Waals surface area contributed by atoms with Gasteiger partial charge in [-0.05, 0) is 60.0 Å². The van der Waals surface area contributed by atoms with Crippen molar-refractivity contribution in [1.82, 2.24) is 10.7 Å². The molecule has 0 aromatic heterocycles. The molecule has 3 amide bonds. The summed E-state index contributed by atoms with van der Waals surface area (Å²) in [4.78, 5) is 36.1. The van der Waals surface area contributed by atoms with Crippen LogP contribution in [0.4, 0.5) is 5.69 Å². The Labute approximate surface area is 214 Å². The van der Waals surface area contributed by atoms with E-state index in [1.165, 1.54) is 13.3 Å². The lowest BCUT2D eigenvalue weighted by atomic mass is 10.1. The average Bonchev–Trinajstić information content (AvgIpc) is 2.93. The van der Waals surface area contributed by atoms with Crippen LogP contribution in [0.1, 0.15) is 11.1 Å². The normalized spacial score (nSPS) is 10.4. The van der Waals surface area contributed by atoms with Gasteiger partial charge in [-0.1, -0.05) is 30.3 Å². The molecular weight excluding hydrogens is 476 g/mol. The Bertz CT molecular complexity index is 1230. The van der Waals surface area contributed by atoms with Crippen molar-refractivity contribution in [3.05, 3.63) is 83.9 Å². The Balaban J connectivity index is 1.45. The van der Waals surface area contributed by atoms with Crippen LogP contribution in [0, 0.1) is 0 Å². The van der Waals surface area contributed by atoms with E-state index < -0.39 is 11.8 Å². The first-order valence-electron chi connectivity index (χ1n) is 11.4. The fraction of sp³-hybridized carbons (Fsp3) is 0.185. The van der Waals surface area contributed by atoms with Crippen LogP contribution in [0.25, 0.3) is 0 Å². The summed E-state index contributed by atoms with van der Waals surface area (Å²) in [6.07, 6.45) is 1.97. The Morgan fingerprint density at radius 1 is 0.865 bits per heavy atom. The number of hydrogen-bond donors (Lipinski definition) is 3. The monoisotopic (exact) mass is 504 g/mol. The maximum Gasteiger partial charge on any atom is 0.329 e. The van der Waals surface area contributed by atoms with Crippen LogP contribution in [-0.2, 0) is 20.8 Å². The molecule has 0 saturated heterocycles. The number of carbonyl (C=O) groups is 3. The second-order valence-corrected chi connectivity index (χ2v) is 7.67. The first-order chi connectivity index (χ1) is 18.0. The number of hydrogen-bond acceptors (Lipinski definition) is 7. The van der Waals surface area contributed by atoms with E-state index in [4.69, 9.17) is 14.2 Å². The highest BCUT2D eigenvalue weighted by Crippen LogP contribution is 2.27. The van der Waals surface area contributed by atoms with Gasteiger partial charge in [0, 0.05) is 12.2 Å². The van der Waals surface area contributed by atoms with Crippen molar-refractivity contribution >= 4 is 29.6 Å². The highest BCUT2D eigenvalue weighted by Gasteiger charge is 2.12.